The van der Waals surface area contributed by atoms with E-state index in [9.17, 15) is 0 Å². The van der Waals surface area contributed by atoms with Crippen LogP contribution in [0.3, 0.4) is 0 Å². The fraction of sp³-hybridized carbons (Fsp3) is 0.800. The van der Waals surface area contributed by atoms with Crippen LogP contribution < -0.4 is 5.32 Å². The summed E-state index contributed by atoms with van der Waals surface area (Å²) in [5.74, 6) is 0.649. The lowest BCUT2D eigenvalue weighted by Crippen LogP contribution is -2.16. The van der Waals surface area contributed by atoms with Gasteiger partial charge in [-0.05, 0) is 31.7 Å². The molecule has 0 radical (unpaired) electrons. The Labute approximate surface area is 112 Å². The average Bonchev–Trinajstić information content (AvgIpc) is 2.66. The van der Waals surface area contributed by atoms with Crippen LogP contribution in [0.1, 0.15) is 58.0 Å². The van der Waals surface area contributed by atoms with E-state index in [1.807, 2.05) is 0 Å². The molecule has 1 N–H and O–H groups in total. The summed E-state index contributed by atoms with van der Waals surface area (Å²) in [5.41, 5.74) is 4.13. The number of aryl methyl sites for hydroxylation is 1. The first kappa shape index (κ1) is 15.2. The highest BCUT2D eigenvalue weighted by atomic mass is 15.3. The van der Waals surface area contributed by atoms with E-state index < -0.39 is 0 Å². The predicted octanol–water partition coefficient (Wildman–Crippen LogP) is 3.16. The van der Waals surface area contributed by atoms with Crippen molar-refractivity contribution in [3.63, 3.8) is 0 Å². The molecule has 0 aliphatic carbocycles. The zero-order chi connectivity index (χ0) is 13.5. The largest absolute Gasteiger partial charge is 0.313 e. The van der Waals surface area contributed by atoms with Crippen LogP contribution in [0.5, 0.6) is 0 Å². The van der Waals surface area contributed by atoms with Gasteiger partial charge >= 0.3 is 0 Å². The van der Waals surface area contributed by atoms with E-state index in [-0.39, 0.29) is 0 Å². The van der Waals surface area contributed by atoms with Gasteiger partial charge in [-0.25, -0.2) is 0 Å². The average molecular weight is 251 g/mol. The summed E-state index contributed by atoms with van der Waals surface area (Å²) in [6.45, 7) is 14.2. The SMILES string of the molecule is CCCNCc1c(CC)nn(CC(C)C)c1CC. The van der Waals surface area contributed by atoms with Gasteiger partial charge in [0.15, 0.2) is 0 Å². The van der Waals surface area contributed by atoms with Crippen molar-refractivity contribution in [3.05, 3.63) is 17.0 Å². The zero-order valence-electron chi connectivity index (χ0n) is 12.7. The van der Waals surface area contributed by atoms with Crippen molar-refractivity contribution in [1.29, 1.82) is 0 Å². The van der Waals surface area contributed by atoms with Gasteiger partial charge in [0.2, 0.25) is 0 Å². The zero-order valence-corrected chi connectivity index (χ0v) is 12.7. The minimum atomic E-state index is 0.649. The highest BCUT2D eigenvalue weighted by Crippen LogP contribution is 2.17. The van der Waals surface area contributed by atoms with Gasteiger partial charge in [-0.2, -0.15) is 5.10 Å². The maximum atomic E-state index is 4.80. The van der Waals surface area contributed by atoms with Crippen molar-refractivity contribution < 1.29 is 0 Å². The van der Waals surface area contributed by atoms with Gasteiger partial charge in [0.25, 0.3) is 0 Å². The van der Waals surface area contributed by atoms with Crippen LogP contribution >= 0.6 is 0 Å². The molecular formula is C15H29N3. The van der Waals surface area contributed by atoms with E-state index in [1.54, 1.807) is 0 Å². The van der Waals surface area contributed by atoms with Gasteiger partial charge < -0.3 is 5.32 Å². The normalized spacial score (nSPS) is 11.4. The Kier molecular flexibility index (Phi) is 6.41. The van der Waals surface area contributed by atoms with Gasteiger partial charge in [0.05, 0.1) is 5.69 Å². The monoisotopic (exact) mass is 251 g/mol. The van der Waals surface area contributed by atoms with Gasteiger partial charge in [-0.1, -0.05) is 34.6 Å². The summed E-state index contributed by atoms with van der Waals surface area (Å²) in [6.07, 6.45) is 3.28. The van der Waals surface area contributed by atoms with Crippen LogP contribution in [0.25, 0.3) is 0 Å². The first-order valence-corrected chi connectivity index (χ1v) is 7.42. The number of hydrogen-bond donors (Lipinski definition) is 1. The maximum absolute atomic E-state index is 4.80. The quantitative estimate of drug-likeness (QED) is 0.719. The van der Waals surface area contributed by atoms with Gasteiger partial charge in [0, 0.05) is 24.3 Å². The molecule has 0 fully saturated rings. The summed E-state index contributed by atoms with van der Waals surface area (Å²) < 4.78 is 2.23. The molecule has 18 heavy (non-hydrogen) atoms. The smallest absolute Gasteiger partial charge is 0.0669 e. The fourth-order valence-corrected chi connectivity index (χ4v) is 2.36. The second kappa shape index (κ2) is 7.57. The molecule has 0 amide bonds. The van der Waals surface area contributed by atoms with Crippen molar-refractivity contribution in [3.8, 4) is 0 Å². The van der Waals surface area contributed by atoms with Crippen LogP contribution in [0.2, 0.25) is 0 Å². The van der Waals surface area contributed by atoms with E-state index in [0.717, 1.165) is 32.5 Å². The molecule has 1 rings (SSSR count). The topological polar surface area (TPSA) is 29.9 Å². The van der Waals surface area contributed by atoms with Crippen LogP contribution in [-0.4, -0.2) is 16.3 Å². The highest BCUT2D eigenvalue weighted by molar-refractivity contribution is 5.26. The molecule has 0 bridgehead atoms. The third kappa shape index (κ3) is 3.84. The first-order chi connectivity index (χ1) is 8.63. The van der Waals surface area contributed by atoms with E-state index in [1.165, 1.54) is 23.4 Å². The second-order valence-corrected chi connectivity index (χ2v) is 5.33. The molecule has 1 heterocycles. The summed E-state index contributed by atoms with van der Waals surface area (Å²) in [6, 6.07) is 0. The van der Waals surface area contributed by atoms with Crippen LogP contribution in [0.15, 0.2) is 0 Å². The van der Waals surface area contributed by atoms with Crippen LogP contribution in [0.4, 0.5) is 0 Å². The molecule has 104 valence electrons. The minimum absolute atomic E-state index is 0.649. The van der Waals surface area contributed by atoms with Gasteiger partial charge in [0.1, 0.15) is 0 Å². The number of hydrogen-bond acceptors (Lipinski definition) is 2. The minimum Gasteiger partial charge on any atom is -0.313 e. The molecule has 0 saturated heterocycles. The molecule has 3 nitrogen and oxygen atoms in total. The third-order valence-electron chi connectivity index (χ3n) is 3.19. The van der Waals surface area contributed by atoms with Crippen molar-refractivity contribution >= 4 is 0 Å². The second-order valence-electron chi connectivity index (χ2n) is 5.33. The van der Waals surface area contributed by atoms with E-state index in [4.69, 9.17) is 5.10 Å². The number of aromatic nitrogens is 2. The molecule has 0 aliphatic rings. The predicted molar refractivity (Wildman–Crippen MR) is 77.8 cm³/mol. The molecular weight excluding hydrogens is 222 g/mol. The van der Waals surface area contributed by atoms with E-state index in [0.29, 0.717) is 5.92 Å². The lowest BCUT2D eigenvalue weighted by molar-refractivity contribution is 0.466. The summed E-state index contributed by atoms with van der Waals surface area (Å²) in [5, 5.41) is 8.31. The summed E-state index contributed by atoms with van der Waals surface area (Å²) in [4.78, 5) is 0. The lowest BCUT2D eigenvalue weighted by atomic mass is 10.1. The Morgan fingerprint density at radius 2 is 1.89 bits per heavy atom. The summed E-state index contributed by atoms with van der Waals surface area (Å²) >= 11 is 0. The maximum Gasteiger partial charge on any atom is 0.0669 e. The van der Waals surface area contributed by atoms with Crippen molar-refractivity contribution in [2.75, 3.05) is 6.54 Å². The first-order valence-electron chi connectivity index (χ1n) is 7.42. The Morgan fingerprint density at radius 1 is 1.17 bits per heavy atom. The Morgan fingerprint density at radius 3 is 2.39 bits per heavy atom. The molecule has 0 saturated carbocycles. The van der Waals surface area contributed by atoms with Gasteiger partial charge in [-0.15, -0.1) is 0 Å². The number of nitrogens with zero attached hydrogens (tertiary/aromatic N) is 2. The Bertz CT molecular complexity index is 353. The molecule has 0 aliphatic heterocycles. The van der Waals surface area contributed by atoms with Crippen molar-refractivity contribution in [1.82, 2.24) is 15.1 Å². The Hall–Kier alpha value is -0.830. The third-order valence-corrected chi connectivity index (χ3v) is 3.19. The van der Waals surface area contributed by atoms with Crippen LogP contribution in [-0.2, 0) is 25.9 Å². The molecule has 3 heteroatoms. The number of nitrogens with one attached hydrogen (secondary N) is 1. The lowest BCUT2D eigenvalue weighted by Gasteiger charge is -2.10. The molecule has 1 aromatic rings. The molecule has 0 aromatic carbocycles. The molecule has 0 spiro atoms. The molecule has 0 unspecified atom stereocenters. The van der Waals surface area contributed by atoms with E-state index in [2.05, 4.69) is 44.6 Å². The fourth-order valence-electron chi connectivity index (χ4n) is 2.36. The standard InChI is InChI=1S/C15H29N3/c1-6-9-16-10-13-14(7-2)17-18(11-12(4)5)15(13)8-3/h12,16H,6-11H2,1-5H3. The summed E-state index contributed by atoms with van der Waals surface area (Å²) in [7, 11) is 0. The molecule has 1 aromatic heterocycles. The van der Waals surface area contributed by atoms with Crippen molar-refractivity contribution in [2.45, 2.75) is 67.0 Å². The van der Waals surface area contributed by atoms with E-state index >= 15 is 0 Å². The van der Waals surface area contributed by atoms with Crippen molar-refractivity contribution in [2.24, 2.45) is 5.92 Å². The van der Waals surface area contributed by atoms with Crippen LogP contribution in [0, 0.1) is 5.92 Å². The van der Waals surface area contributed by atoms with Gasteiger partial charge in [-0.3, -0.25) is 4.68 Å². The molecule has 0 atom stereocenters. The Balaban J connectivity index is 2.93. The number of rotatable bonds is 8. The highest BCUT2D eigenvalue weighted by Gasteiger charge is 2.15.